The highest BCUT2D eigenvalue weighted by atomic mass is 17.0. The Balaban J connectivity index is 1.57. The van der Waals surface area contributed by atoms with E-state index in [1.807, 2.05) is 0 Å². The largest absolute Gasteiger partial charge is 0.510 e. The molecule has 0 N–H and O–H groups in total. The second-order valence-electron chi connectivity index (χ2n) is 10.9. The van der Waals surface area contributed by atoms with E-state index < -0.39 is 6.16 Å². The molecule has 1 atom stereocenters. The van der Waals surface area contributed by atoms with E-state index in [9.17, 15) is 0 Å². The van der Waals surface area contributed by atoms with Gasteiger partial charge in [0, 0.05) is 5.41 Å². The second-order valence-corrected chi connectivity index (χ2v) is 10.9. The summed E-state index contributed by atoms with van der Waals surface area (Å²) in [5.74, 6) is 1.45. The maximum atomic E-state index is 6.07. The summed E-state index contributed by atoms with van der Waals surface area (Å²) in [6, 6.07) is 9.25. The minimum atomic E-state index is -1.39. The molecule has 0 aromatic heterocycles. The van der Waals surface area contributed by atoms with Gasteiger partial charge in [-0.1, -0.05) is 39.8 Å². The molecule has 0 radical (unpaired) electrons. The monoisotopic (exact) mass is 406 g/mol. The van der Waals surface area contributed by atoms with Gasteiger partial charge in [0.15, 0.2) is 11.5 Å². The molecule has 6 rings (SSSR count). The quantitative estimate of drug-likeness (QED) is 0.588. The van der Waals surface area contributed by atoms with Crippen LogP contribution in [0.2, 0.25) is 0 Å². The first-order chi connectivity index (χ1) is 14.1. The average Bonchev–Trinajstić information content (AvgIpc) is 3.35. The summed E-state index contributed by atoms with van der Waals surface area (Å²) in [4.78, 5) is 0. The van der Waals surface area contributed by atoms with E-state index in [0.29, 0.717) is 13.2 Å². The molecule has 1 saturated heterocycles. The number of ether oxygens (including phenoxy) is 4. The van der Waals surface area contributed by atoms with E-state index in [1.54, 1.807) is 0 Å². The van der Waals surface area contributed by atoms with Gasteiger partial charge in [0.05, 0.1) is 13.2 Å². The number of benzene rings is 2. The third-order valence-electron chi connectivity index (χ3n) is 7.81. The third kappa shape index (κ3) is 2.24. The zero-order valence-corrected chi connectivity index (χ0v) is 18.8. The van der Waals surface area contributed by atoms with Gasteiger partial charge in [0.1, 0.15) is 0 Å². The van der Waals surface area contributed by atoms with E-state index in [2.05, 4.69) is 65.8 Å². The minimum absolute atomic E-state index is 0.0122. The standard InChI is InChI=1S/C26H30O4/c1-15-9-17-19(10-16(15)2)25(13-23(17,3)4)14-24(5,6)18-11-21-22(12-20(18)25)30-26(29-21)27-7-8-28-26/h9-12H,7-8,13-14H2,1-6H3. The molecule has 0 amide bonds. The van der Waals surface area contributed by atoms with Crippen LogP contribution in [0.1, 0.15) is 73.9 Å². The maximum absolute atomic E-state index is 6.07. The molecular formula is C26H30O4. The van der Waals surface area contributed by atoms with E-state index in [-0.39, 0.29) is 16.2 Å². The van der Waals surface area contributed by atoms with Crippen molar-refractivity contribution in [3.05, 3.63) is 57.6 Å². The minimum Gasteiger partial charge on any atom is -0.403 e. The van der Waals surface area contributed by atoms with E-state index in [4.69, 9.17) is 18.9 Å². The number of aryl methyl sites for hydroxylation is 2. The molecule has 0 bridgehead atoms. The van der Waals surface area contributed by atoms with Crippen molar-refractivity contribution in [1.82, 2.24) is 0 Å². The summed E-state index contributed by atoms with van der Waals surface area (Å²) < 4.78 is 23.3. The Kier molecular flexibility index (Phi) is 3.37. The highest BCUT2D eigenvalue weighted by molar-refractivity contribution is 5.64. The number of rotatable bonds is 0. The number of hydrogen-bond acceptors (Lipinski definition) is 4. The molecule has 1 unspecified atom stereocenters. The second kappa shape index (κ2) is 5.41. The Morgan fingerprint density at radius 2 is 1.07 bits per heavy atom. The van der Waals surface area contributed by atoms with Gasteiger partial charge in [0.2, 0.25) is 0 Å². The molecule has 2 spiro atoms. The first kappa shape index (κ1) is 18.7. The van der Waals surface area contributed by atoms with Crippen molar-refractivity contribution in [3.8, 4) is 11.5 Å². The zero-order chi connectivity index (χ0) is 21.1. The van der Waals surface area contributed by atoms with Gasteiger partial charge < -0.3 is 9.47 Å². The van der Waals surface area contributed by atoms with Crippen molar-refractivity contribution in [2.45, 2.75) is 76.8 Å². The molecule has 2 aromatic rings. The van der Waals surface area contributed by atoms with Crippen molar-refractivity contribution in [2.24, 2.45) is 0 Å². The summed E-state index contributed by atoms with van der Waals surface area (Å²) in [5.41, 5.74) is 8.60. The molecule has 2 aromatic carbocycles. The molecule has 2 aliphatic heterocycles. The average molecular weight is 407 g/mol. The Bertz CT molecular complexity index is 1090. The fourth-order valence-corrected chi connectivity index (χ4v) is 6.52. The highest BCUT2D eigenvalue weighted by Gasteiger charge is 2.58. The zero-order valence-electron chi connectivity index (χ0n) is 18.8. The van der Waals surface area contributed by atoms with E-state index in [0.717, 1.165) is 24.3 Å². The molecule has 4 aliphatic rings. The molecule has 4 heteroatoms. The van der Waals surface area contributed by atoms with Crippen molar-refractivity contribution >= 4 is 0 Å². The van der Waals surface area contributed by atoms with Crippen molar-refractivity contribution in [2.75, 3.05) is 13.2 Å². The van der Waals surface area contributed by atoms with Crippen molar-refractivity contribution in [1.29, 1.82) is 0 Å². The van der Waals surface area contributed by atoms with Crippen LogP contribution in [0.3, 0.4) is 0 Å². The van der Waals surface area contributed by atoms with Crippen LogP contribution in [-0.2, 0) is 25.7 Å². The SMILES string of the molecule is Cc1cc2c(cc1C)C1(CC2(C)C)CC(C)(C)c2cc3c(cc21)OC1(OCCO1)O3. The van der Waals surface area contributed by atoms with Gasteiger partial charge in [-0.05, 0) is 83.0 Å². The van der Waals surface area contributed by atoms with Crippen LogP contribution in [0.15, 0.2) is 24.3 Å². The first-order valence-electron chi connectivity index (χ1n) is 11.0. The lowest BCUT2D eigenvalue weighted by Crippen LogP contribution is -2.39. The smallest absolute Gasteiger partial charge is 0.403 e. The van der Waals surface area contributed by atoms with Crippen LogP contribution >= 0.6 is 0 Å². The van der Waals surface area contributed by atoms with Crippen LogP contribution in [0, 0.1) is 13.8 Å². The van der Waals surface area contributed by atoms with Crippen molar-refractivity contribution < 1.29 is 18.9 Å². The maximum Gasteiger partial charge on any atom is 0.510 e. The van der Waals surface area contributed by atoms with Gasteiger partial charge in [0.25, 0.3) is 0 Å². The molecule has 30 heavy (non-hydrogen) atoms. The van der Waals surface area contributed by atoms with Crippen LogP contribution in [0.25, 0.3) is 0 Å². The van der Waals surface area contributed by atoms with Crippen LogP contribution < -0.4 is 9.47 Å². The molecule has 1 fully saturated rings. The van der Waals surface area contributed by atoms with Crippen LogP contribution in [0.5, 0.6) is 11.5 Å². The number of fused-ring (bicyclic) bond motifs is 5. The predicted molar refractivity (Wildman–Crippen MR) is 114 cm³/mol. The summed E-state index contributed by atoms with van der Waals surface area (Å²) in [6.45, 7) is 14.9. The highest BCUT2D eigenvalue weighted by Crippen LogP contribution is 2.64. The summed E-state index contributed by atoms with van der Waals surface area (Å²) >= 11 is 0. The lowest BCUT2D eigenvalue weighted by molar-refractivity contribution is -0.378. The van der Waals surface area contributed by atoms with Gasteiger partial charge in [-0.25, -0.2) is 0 Å². The van der Waals surface area contributed by atoms with Crippen LogP contribution in [0.4, 0.5) is 0 Å². The Labute approximate surface area is 178 Å². The van der Waals surface area contributed by atoms with E-state index >= 15 is 0 Å². The lowest BCUT2D eigenvalue weighted by Gasteiger charge is -2.30. The van der Waals surface area contributed by atoms with Gasteiger partial charge >= 0.3 is 6.16 Å². The normalized spacial score (nSPS) is 28.3. The predicted octanol–water partition coefficient (Wildman–Crippen LogP) is 5.38. The number of hydrogen-bond donors (Lipinski definition) is 0. The molecular weight excluding hydrogens is 376 g/mol. The van der Waals surface area contributed by atoms with Gasteiger partial charge in [-0.2, -0.15) is 0 Å². The van der Waals surface area contributed by atoms with Gasteiger partial charge in [-0.3, -0.25) is 9.47 Å². The fraction of sp³-hybridized carbons (Fsp3) is 0.538. The lowest BCUT2D eigenvalue weighted by atomic mass is 9.72. The molecule has 4 nitrogen and oxygen atoms in total. The first-order valence-corrected chi connectivity index (χ1v) is 11.0. The Morgan fingerprint density at radius 1 is 0.633 bits per heavy atom. The fourth-order valence-electron chi connectivity index (χ4n) is 6.52. The third-order valence-corrected chi connectivity index (χ3v) is 7.81. The molecule has 0 saturated carbocycles. The molecule has 2 aliphatic carbocycles. The molecule has 158 valence electrons. The van der Waals surface area contributed by atoms with E-state index in [1.165, 1.54) is 33.4 Å². The van der Waals surface area contributed by atoms with Gasteiger partial charge in [-0.15, -0.1) is 0 Å². The topological polar surface area (TPSA) is 36.9 Å². The summed E-state index contributed by atoms with van der Waals surface area (Å²) in [6.07, 6.45) is 0.803. The summed E-state index contributed by atoms with van der Waals surface area (Å²) in [7, 11) is 0. The Hall–Kier alpha value is -2.04. The summed E-state index contributed by atoms with van der Waals surface area (Å²) in [5, 5.41) is 0. The molecule has 2 heterocycles. The van der Waals surface area contributed by atoms with Crippen LogP contribution in [-0.4, -0.2) is 19.4 Å². The van der Waals surface area contributed by atoms with Crippen molar-refractivity contribution in [3.63, 3.8) is 0 Å². The Morgan fingerprint density at radius 3 is 1.63 bits per heavy atom.